The molecule has 4 heterocycles. The monoisotopic (exact) mass is 633 g/mol. The third-order valence-electron chi connectivity index (χ3n) is 9.07. The van der Waals surface area contributed by atoms with Crippen molar-refractivity contribution in [1.82, 2.24) is 24.8 Å². The number of ether oxygens (including phenoxy) is 2. The molecule has 46 heavy (non-hydrogen) atoms. The van der Waals surface area contributed by atoms with Gasteiger partial charge in [-0.05, 0) is 77.4 Å². The summed E-state index contributed by atoms with van der Waals surface area (Å²) < 4.78 is 27.0. The third kappa shape index (κ3) is 7.10. The fraction of sp³-hybridized carbons (Fsp3) is 0.543. The van der Waals surface area contributed by atoms with E-state index in [1.165, 1.54) is 30.1 Å². The number of anilines is 1. The number of carbonyl (C=O) groups excluding carboxylic acids is 1. The number of rotatable bonds is 11. The fourth-order valence-electron chi connectivity index (χ4n) is 6.82. The van der Waals surface area contributed by atoms with E-state index in [0.29, 0.717) is 24.7 Å². The van der Waals surface area contributed by atoms with Crippen LogP contribution in [0.3, 0.4) is 0 Å². The van der Waals surface area contributed by atoms with E-state index in [2.05, 4.69) is 24.8 Å². The summed E-state index contributed by atoms with van der Waals surface area (Å²) in [5.74, 6) is 1.56. The predicted molar refractivity (Wildman–Crippen MR) is 177 cm³/mol. The lowest BCUT2D eigenvalue weighted by Crippen LogP contribution is -2.65. The van der Waals surface area contributed by atoms with Gasteiger partial charge < -0.3 is 25.0 Å². The smallest absolute Gasteiger partial charge is 0.257 e. The van der Waals surface area contributed by atoms with Crippen LogP contribution in [0.1, 0.15) is 75.5 Å². The van der Waals surface area contributed by atoms with Crippen LogP contribution in [0.25, 0.3) is 0 Å². The molecule has 1 aromatic carbocycles. The van der Waals surface area contributed by atoms with Crippen LogP contribution in [0, 0.1) is 11.2 Å². The van der Waals surface area contributed by atoms with Crippen molar-refractivity contribution in [1.29, 1.82) is 0 Å². The second-order valence-electron chi connectivity index (χ2n) is 12.5. The van der Waals surface area contributed by atoms with Gasteiger partial charge in [-0.25, -0.2) is 14.4 Å². The average molecular weight is 634 g/mol. The molecular weight excluding hydrogens is 585 g/mol. The minimum Gasteiger partial charge on any atom is -0.490 e. The number of halogens is 1. The Bertz CT molecular complexity index is 1490. The van der Waals surface area contributed by atoms with Crippen LogP contribution in [0.15, 0.2) is 43.0 Å². The number of hydrogen-bond acceptors (Lipinski definition) is 9. The highest BCUT2D eigenvalue weighted by atomic mass is 19.1. The van der Waals surface area contributed by atoms with Gasteiger partial charge in [-0.3, -0.25) is 14.7 Å². The zero-order valence-electron chi connectivity index (χ0n) is 27.8. The second-order valence-corrected chi connectivity index (χ2v) is 12.5. The van der Waals surface area contributed by atoms with E-state index < -0.39 is 5.82 Å². The van der Waals surface area contributed by atoms with E-state index in [1.54, 1.807) is 11.1 Å². The third-order valence-corrected chi connectivity index (χ3v) is 9.07. The summed E-state index contributed by atoms with van der Waals surface area (Å²) in [5.41, 5.74) is 8.43. The topological polar surface area (TPSA) is 110 Å². The minimum absolute atomic E-state index is 0.0354. The molecule has 1 saturated carbocycles. The highest BCUT2D eigenvalue weighted by molar-refractivity contribution is 5.97. The quantitative estimate of drug-likeness (QED) is 0.295. The fourth-order valence-corrected chi connectivity index (χ4v) is 6.82. The minimum atomic E-state index is -0.493. The Morgan fingerprint density at radius 3 is 2.65 bits per heavy atom. The van der Waals surface area contributed by atoms with E-state index in [9.17, 15) is 9.18 Å². The molecule has 1 aliphatic carbocycles. The van der Waals surface area contributed by atoms with E-state index in [1.807, 2.05) is 46.9 Å². The summed E-state index contributed by atoms with van der Waals surface area (Å²) >= 11 is 0. The Hall–Kier alpha value is -3.83. The molecule has 0 unspecified atom stereocenters. The SMILES string of the molecule is CC.CCN(C(=O)c1cc(F)ccc1Oc1cncnc1N1CC2(CC(Oc3ccnc4c3CN(CCCN)CC4)C2)C1)C(C)C. The standard InChI is InChI=1S/C33H42FN7O3.C2H6/c1-4-41(22(2)3)32(42)25-14-23(34)6-7-28(25)44-30-17-36-21-38-31(30)40-19-33(20-40)15-24(16-33)43-29-8-11-37-27-9-13-39(12-5-10-35)18-26(27)29;1-2/h6-8,11,14,17,21-22,24H,4-5,9-10,12-13,15-16,18-20,35H2,1-3H3;1-2H3. The molecule has 2 N–H and O–H groups in total. The summed E-state index contributed by atoms with van der Waals surface area (Å²) in [4.78, 5) is 32.9. The van der Waals surface area contributed by atoms with E-state index in [-0.39, 0.29) is 34.8 Å². The van der Waals surface area contributed by atoms with Crippen LogP contribution < -0.4 is 20.1 Å². The van der Waals surface area contributed by atoms with Crippen LogP contribution in [0.4, 0.5) is 10.2 Å². The van der Waals surface area contributed by atoms with Gasteiger partial charge in [0.1, 0.15) is 29.7 Å². The molecule has 2 aromatic heterocycles. The number of fused-ring (bicyclic) bond motifs is 1. The molecule has 0 atom stereocenters. The number of hydrogen-bond donors (Lipinski definition) is 1. The summed E-state index contributed by atoms with van der Waals surface area (Å²) in [6, 6.07) is 5.99. The largest absolute Gasteiger partial charge is 0.490 e. The van der Waals surface area contributed by atoms with Gasteiger partial charge in [0.05, 0.1) is 11.8 Å². The molecule has 0 bridgehead atoms. The zero-order chi connectivity index (χ0) is 32.8. The van der Waals surface area contributed by atoms with Crippen molar-refractivity contribution in [3.63, 3.8) is 0 Å². The molecule has 1 saturated heterocycles. The molecule has 1 amide bonds. The normalized spacial score (nSPS) is 17.0. The number of amides is 1. The molecule has 6 rings (SSSR count). The van der Waals surface area contributed by atoms with Crippen molar-refractivity contribution in [2.45, 2.75) is 79.0 Å². The molecule has 0 radical (unpaired) electrons. The number of nitrogens with zero attached hydrogens (tertiary/aromatic N) is 6. The molecule has 3 aromatic rings. The first-order valence-electron chi connectivity index (χ1n) is 16.7. The number of pyridine rings is 1. The second kappa shape index (κ2) is 14.7. The van der Waals surface area contributed by atoms with Gasteiger partial charge in [0, 0.05) is 68.1 Å². The van der Waals surface area contributed by atoms with Crippen molar-refractivity contribution in [2.24, 2.45) is 11.1 Å². The lowest BCUT2D eigenvalue weighted by atomic mass is 9.61. The van der Waals surface area contributed by atoms with Crippen molar-refractivity contribution < 1.29 is 18.7 Å². The summed E-state index contributed by atoms with van der Waals surface area (Å²) in [6.07, 6.45) is 8.99. The van der Waals surface area contributed by atoms with Crippen molar-refractivity contribution in [3.8, 4) is 17.2 Å². The van der Waals surface area contributed by atoms with Crippen LogP contribution >= 0.6 is 0 Å². The van der Waals surface area contributed by atoms with Gasteiger partial charge in [-0.2, -0.15) is 0 Å². The lowest BCUT2D eigenvalue weighted by Gasteiger charge is -2.59. The Morgan fingerprint density at radius 2 is 1.93 bits per heavy atom. The molecular formula is C35H48FN7O3. The van der Waals surface area contributed by atoms with Gasteiger partial charge >= 0.3 is 0 Å². The van der Waals surface area contributed by atoms with Gasteiger partial charge in [0.25, 0.3) is 5.91 Å². The molecule has 10 nitrogen and oxygen atoms in total. The van der Waals surface area contributed by atoms with E-state index in [0.717, 1.165) is 69.9 Å². The average Bonchev–Trinajstić information content (AvgIpc) is 3.03. The van der Waals surface area contributed by atoms with Crippen LogP contribution in [0.2, 0.25) is 0 Å². The van der Waals surface area contributed by atoms with E-state index in [4.69, 9.17) is 15.2 Å². The first kappa shape index (κ1) is 33.5. The summed E-state index contributed by atoms with van der Waals surface area (Å²) in [7, 11) is 0. The Labute approximate surface area is 272 Å². The van der Waals surface area contributed by atoms with Crippen molar-refractivity contribution in [3.05, 3.63) is 65.6 Å². The van der Waals surface area contributed by atoms with Crippen LogP contribution in [-0.2, 0) is 13.0 Å². The van der Waals surface area contributed by atoms with Gasteiger partial charge in [0.15, 0.2) is 11.6 Å². The van der Waals surface area contributed by atoms with E-state index >= 15 is 0 Å². The lowest BCUT2D eigenvalue weighted by molar-refractivity contribution is -0.0352. The predicted octanol–water partition coefficient (Wildman–Crippen LogP) is 5.45. The Morgan fingerprint density at radius 1 is 1.15 bits per heavy atom. The summed E-state index contributed by atoms with van der Waals surface area (Å²) in [6.45, 7) is 15.5. The van der Waals surface area contributed by atoms with Gasteiger partial charge in [-0.15, -0.1) is 0 Å². The molecule has 2 aliphatic heterocycles. The maximum absolute atomic E-state index is 14.3. The first-order valence-corrected chi connectivity index (χ1v) is 16.7. The van der Waals surface area contributed by atoms with Crippen LogP contribution in [-0.4, -0.2) is 82.1 Å². The highest BCUT2D eigenvalue weighted by Gasteiger charge is 2.54. The zero-order valence-corrected chi connectivity index (χ0v) is 27.8. The molecule has 1 spiro atoms. The molecule has 248 valence electrons. The molecule has 2 fully saturated rings. The number of carbonyl (C=O) groups is 1. The maximum atomic E-state index is 14.3. The van der Waals surface area contributed by atoms with Gasteiger partial charge in [0.2, 0.25) is 0 Å². The maximum Gasteiger partial charge on any atom is 0.257 e. The number of nitrogens with two attached hydrogens (primary N) is 1. The molecule has 11 heteroatoms. The van der Waals surface area contributed by atoms with Gasteiger partial charge in [-0.1, -0.05) is 13.8 Å². The van der Waals surface area contributed by atoms with Crippen molar-refractivity contribution >= 4 is 11.7 Å². The number of aromatic nitrogens is 3. The molecule has 3 aliphatic rings. The highest BCUT2D eigenvalue weighted by Crippen LogP contribution is 2.52. The van der Waals surface area contributed by atoms with Crippen molar-refractivity contribution in [2.75, 3.05) is 44.2 Å². The first-order chi connectivity index (χ1) is 22.3. The summed E-state index contributed by atoms with van der Waals surface area (Å²) in [5, 5.41) is 0. The Kier molecular flexibility index (Phi) is 10.7. The Balaban J connectivity index is 0.00000204. The number of benzene rings is 1. The van der Waals surface area contributed by atoms with Crippen LogP contribution in [0.5, 0.6) is 17.2 Å².